The summed E-state index contributed by atoms with van der Waals surface area (Å²) in [5.41, 5.74) is 10.6. The Kier molecular flexibility index (Phi) is 7.89. The van der Waals surface area contributed by atoms with Crippen molar-refractivity contribution in [1.29, 1.82) is 0 Å². The standard InChI is InChI=1S/C56H37N/c1-2-13-42-36-45(24-23-38(42)11-1)44-16-9-15-43(35-44)39-25-30-47(31-26-39)57(56-37-46-14-4-6-18-51(46)53-19-7-8-20-55(53)56)48-32-27-41(28-33-48)50-21-10-22-52-49-17-5-3-12-40(49)29-34-54(50)52/h1-37H. The molecular weight excluding hydrogens is 687 g/mol. The third-order valence-electron chi connectivity index (χ3n) is 11.6. The fourth-order valence-electron chi connectivity index (χ4n) is 8.78. The maximum Gasteiger partial charge on any atom is 0.0546 e. The number of anilines is 3. The maximum atomic E-state index is 2.42. The number of hydrogen-bond acceptors (Lipinski definition) is 1. The fourth-order valence-corrected chi connectivity index (χ4v) is 8.78. The molecule has 0 aliphatic carbocycles. The van der Waals surface area contributed by atoms with Crippen LogP contribution in [0, 0.1) is 0 Å². The molecule has 11 aromatic carbocycles. The molecule has 0 N–H and O–H groups in total. The lowest BCUT2D eigenvalue weighted by molar-refractivity contribution is 1.30. The molecule has 0 aliphatic rings. The Balaban J connectivity index is 1.02. The van der Waals surface area contributed by atoms with Crippen LogP contribution >= 0.6 is 0 Å². The molecule has 0 aliphatic heterocycles. The van der Waals surface area contributed by atoms with E-state index in [0.29, 0.717) is 0 Å². The number of nitrogens with zero attached hydrogens (tertiary/aromatic N) is 1. The van der Waals surface area contributed by atoms with Crippen LogP contribution in [0.3, 0.4) is 0 Å². The van der Waals surface area contributed by atoms with Gasteiger partial charge in [0.1, 0.15) is 0 Å². The first-order chi connectivity index (χ1) is 28.2. The number of rotatable bonds is 6. The molecule has 11 aromatic rings. The lowest BCUT2D eigenvalue weighted by atomic mass is 9.94. The molecule has 0 unspecified atom stereocenters. The number of fused-ring (bicyclic) bond motifs is 7. The first-order valence-corrected chi connectivity index (χ1v) is 19.7. The summed E-state index contributed by atoms with van der Waals surface area (Å²) in [4.78, 5) is 2.42. The summed E-state index contributed by atoms with van der Waals surface area (Å²) in [6.45, 7) is 0. The van der Waals surface area contributed by atoms with Gasteiger partial charge in [-0.05, 0) is 124 Å². The molecule has 0 saturated carbocycles. The Hall–Kier alpha value is -7.48. The Bertz CT molecular complexity index is 3280. The topological polar surface area (TPSA) is 3.24 Å². The summed E-state index contributed by atoms with van der Waals surface area (Å²) in [5, 5.41) is 12.5. The summed E-state index contributed by atoms with van der Waals surface area (Å²) in [6, 6.07) is 82.1. The van der Waals surface area contributed by atoms with E-state index in [2.05, 4.69) is 229 Å². The normalized spacial score (nSPS) is 11.5. The van der Waals surface area contributed by atoms with Crippen molar-refractivity contribution < 1.29 is 0 Å². The van der Waals surface area contributed by atoms with Gasteiger partial charge in [0.05, 0.1) is 5.69 Å². The second kappa shape index (κ2) is 13.7. The average molecular weight is 724 g/mol. The highest BCUT2D eigenvalue weighted by molar-refractivity contribution is 6.15. The van der Waals surface area contributed by atoms with E-state index in [1.54, 1.807) is 0 Å². The molecule has 0 saturated heterocycles. The van der Waals surface area contributed by atoms with Crippen molar-refractivity contribution in [2.24, 2.45) is 0 Å². The molecule has 0 heterocycles. The second-order valence-corrected chi connectivity index (χ2v) is 14.9. The third-order valence-corrected chi connectivity index (χ3v) is 11.6. The van der Waals surface area contributed by atoms with Gasteiger partial charge in [0.15, 0.2) is 0 Å². The minimum absolute atomic E-state index is 1.11. The van der Waals surface area contributed by atoms with Gasteiger partial charge in [-0.2, -0.15) is 0 Å². The first kappa shape index (κ1) is 32.9. The van der Waals surface area contributed by atoms with Crippen LogP contribution in [0.4, 0.5) is 17.1 Å². The van der Waals surface area contributed by atoms with E-state index in [-0.39, 0.29) is 0 Å². The zero-order valence-electron chi connectivity index (χ0n) is 31.3. The smallest absolute Gasteiger partial charge is 0.0546 e. The van der Waals surface area contributed by atoms with Crippen LogP contribution in [-0.2, 0) is 0 Å². The zero-order chi connectivity index (χ0) is 37.7. The van der Waals surface area contributed by atoms with Gasteiger partial charge in [-0.25, -0.2) is 0 Å². The largest absolute Gasteiger partial charge is 0.310 e. The summed E-state index contributed by atoms with van der Waals surface area (Å²) in [5.74, 6) is 0. The van der Waals surface area contributed by atoms with E-state index in [1.165, 1.54) is 87.2 Å². The monoisotopic (exact) mass is 723 g/mol. The highest BCUT2D eigenvalue weighted by atomic mass is 15.1. The van der Waals surface area contributed by atoms with Crippen molar-refractivity contribution in [3.05, 3.63) is 224 Å². The minimum Gasteiger partial charge on any atom is -0.310 e. The van der Waals surface area contributed by atoms with E-state index in [9.17, 15) is 0 Å². The summed E-state index contributed by atoms with van der Waals surface area (Å²) >= 11 is 0. The molecule has 0 radical (unpaired) electrons. The van der Waals surface area contributed by atoms with Crippen molar-refractivity contribution in [2.75, 3.05) is 4.90 Å². The van der Waals surface area contributed by atoms with Gasteiger partial charge < -0.3 is 4.90 Å². The van der Waals surface area contributed by atoms with Gasteiger partial charge in [0.25, 0.3) is 0 Å². The summed E-state index contributed by atoms with van der Waals surface area (Å²) in [6.07, 6.45) is 0. The minimum atomic E-state index is 1.11. The molecule has 0 amide bonds. The Labute approximate surface area is 332 Å². The lowest BCUT2D eigenvalue weighted by Crippen LogP contribution is -2.10. The molecule has 0 atom stereocenters. The van der Waals surface area contributed by atoms with Crippen LogP contribution in [0.25, 0.3) is 87.2 Å². The molecule has 1 nitrogen and oxygen atoms in total. The van der Waals surface area contributed by atoms with E-state index >= 15 is 0 Å². The lowest BCUT2D eigenvalue weighted by Gasteiger charge is -2.28. The van der Waals surface area contributed by atoms with Gasteiger partial charge >= 0.3 is 0 Å². The molecule has 1 heteroatoms. The van der Waals surface area contributed by atoms with Gasteiger partial charge in [-0.3, -0.25) is 0 Å². The van der Waals surface area contributed by atoms with Gasteiger partial charge in [0.2, 0.25) is 0 Å². The highest BCUT2D eigenvalue weighted by Gasteiger charge is 2.18. The molecule has 0 bridgehead atoms. The molecular formula is C56H37N. The van der Waals surface area contributed by atoms with Crippen molar-refractivity contribution in [1.82, 2.24) is 0 Å². The van der Waals surface area contributed by atoms with Gasteiger partial charge in [0, 0.05) is 16.8 Å². The Morgan fingerprint density at radius 1 is 0.228 bits per heavy atom. The average Bonchev–Trinajstić information content (AvgIpc) is 3.29. The van der Waals surface area contributed by atoms with Crippen LogP contribution < -0.4 is 4.90 Å². The predicted molar refractivity (Wildman–Crippen MR) is 245 cm³/mol. The molecule has 11 rings (SSSR count). The maximum absolute atomic E-state index is 2.42. The highest BCUT2D eigenvalue weighted by Crippen LogP contribution is 2.43. The molecule has 0 spiro atoms. The molecule has 266 valence electrons. The van der Waals surface area contributed by atoms with Crippen LogP contribution in [-0.4, -0.2) is 0 Å². The number of benzene rings is 11. The van der Waals surface area contributed by atoms with E-state index in [4.69, 9.17) is 0 Å². The van der Waals surface area contributed by atoms with Crippen molar-refractivity contribution in [3.63, 3.8) is 0 Å². The molecule has 0 fully saturated rings. The summed E-state index contributed by atoms with van der Waals surface area (Å²) < 4.78 is 0. The third kappa shape index (κ3) is 5.80. The second-order valence-electron chi connectivity index (χ2n) is 14.9. The first-order valence-electron chi connectivity index (χ1n) is 19.7. The number of hydrogen-bond donors (Lipinski definition) is 0. The van der Waals surface area contributed by atoms with Crippen LogP contribution in [0.5, 0.6) is 0 Å². The van der Waals surface area contributed by atoms with E-state index < -0.39 is 0 Å². The Morgan fingerprint density at radius 3 is 1.47 bits per heavy atom. The van der Waals surface area contributed by atoms with E-state index in [0.717, 1.165) is 17.1 Å². The quantitative estimate of drug-likeness (QED) is 0.154. The van der Waals surface area contributed by atoms with Gasteiger partial charge in [-0.15, -0.1) is 0 Å². The molecule has 0 aromatic heterocycles. The predicted octanol–water partition coefficient (Wildman–Crippen LogP) is 15.9. The zero-order valence-corrected chi connectivity index (χ0v) is 31.3. The van der Waals surface area contributed by atoms with Crippen molar-refractivity contribution in [3.8, 4) is 33.4 Å². The van der Waals surface area contributed by atoms with Crippen molar-refractivity contribution >= 4 is 70.9 Å². The van der Waals surface area contributed by atoms with Crippen LogP contribution in [0.2, 0.25) is 0 Å². The van der Waals surface area contributed by atoms with E-state index in [1.807, 2.05) is 0 Å². The Morgan fingerprint density at radius 2 is 0.719 bits per heavy atom. The fraction of sp³-hybridized carbons (Fsp3) is 0. The SMILES string of the molecule is c1cc(-c2ccc(N(c3ccc(-c4cccc5c4ccc4ccccc45)cc3)c3cc4ccccc4c4ccccc34)cc2)cc(-c2ccc3ccccc3c2)c1. The van der Waals surface area contributed by atoms with Crippen molar-refractivity contribution in [2.45, 2.75) is 0 Å². The van der Waals surface area contributed by atoms with Gasteiger partial charge in [-0.1, -0.05) is 182 Å². The van der Waals surface area contributed by atoms with Crippen LogP contribution in [0.1, 0.15) is 0 Å². The summed E-state index contributed by atoms with van der Waals surface area (Å²) in [7, 11) is 0. The van der Waals surface area contributed by atoms with Crippen LogP contribution in [0.15, 0.2) is 224 Å². The molecule has 57 heavy (non-hydrogen) atoms.